The first kappa shape index (κ1) is 42.7. The van der Waals surface area contributed by atoms with Crippen LogP contribution in [0.4, 0.5) is 0 Å². The molecular formula is C47H63NO5Si. The fourth-order valence-electron chi connectivity index (χ4n) is 7.31. The second-order valence-corrected chi connectivity index (χ2v) is 20.3. The lowest BCUT2D eigenvalue weighted by Crippen LogP contribution is -2.67. The van der Waals surface area contributed by atoms with E-state index in [1.165, 1.54) is 38.5 Å². The van der Waals surface area contributed by atoms with Crippen molar-refractivity contribution >= 4 is 30.6 Å². The van der Waals surface area contributed by atoms with E-state index >= 15 is 0 Å². The van der Waals surface area contributed by atoms with E-state index < -0.39 is 38.5 Å². The fraction of sp³-hybridized carbons (Fsp3) is 0.447. The lowest BCUT2D eigenvalue weighted by atomic mass is 9.99. The van der Waals surface area contributed by atoms with Gasteiger partial charge in [-0.05, 0) is 58.4 Å². The molecule has 0 aliphatic carbocycles. The summed E-state index contributed by atoms with van der Waals surface area (Å²) < 4.78 is 19.8. The Morgan fingerprint density at radius 3 is 1.39 bits per heavy atom. The van der Waals surface area contributed by atoms with E-state index in [0.29, 0.717) is 17.5 Å². The number of nitrogens with two attached hydrogens (primary N) is 1. The molecule has 6 nitrogen and oxygen atoms in total. The van der Waals surface area contributed by atoms with Crippen molar-refractivity contribution in [2.45, 2.75) is 122 Å². The summed E-state index contributed by atoms with van der Waals surface area (Å²) in [5.74, 6) is -0.220. The lowest BCUT2D eigenvalue weighted by Gasteiger charge is -2.44. The van der Waals surface area contributed by atoms with Crippen LogP contribution in [0.5, 0.6) is 0 Å². The quantitative estimate of drug-likeness (QED) is 0.0489. The first-order valence-corrected chi connectivity index (χ1v) is 22.0. The van der Waals surface area contributed by atoms with Crippen LogP contribution in [0.3, 0.4) is 0 Å². The highest BCUT2D eigenvalue weighted by Gasteiger charge is 2.51. The average Bonchev–Trinajstić information content (AvgIpc) is 3.18. The van der Waals surface area contributed by atoms with Crippen LogP contribution in [0, 0.1) is 5.92 Å². The number of carbonyl (C=O) groups excluding carboxylic acids is 2. The number of ether oxygens (including phenoxy) is 2. The standard InChI is InChI=1S/C47H63NO5Si/c1-37(2)26-16-10-8-6-7-9-11-25-35-43(52-45(49)38-27-17-12-18-28-38)44(53-46(50)39-29-19-13-20-30-39)42(48)36-51-54(47(3,4)5,40-31-21-14-22-32-40)41-33-23-15-24-34-41/h12-15,17-24,27-34,37,42-44H,6-11,16,25-26,35-36,48H2,1-5H3/t42-,43+,44-/m0/s1. The SMILES string of the molecule is CC(C)CCCCCCCCCC[C@@H](OC(=O)c1ccccc1)[C@@H](OC(=O)c1ccccc1)[C@@H](N)CO[Si](c1ccccc1)(c1ccccc1)C(C)(C)C. The normalized spacial score (nSPS) is 13.6. The highest BCUT2D eigenvalue weighted by Crippen LogP contribution is 2.37. The fourth-order valence-corrected chi connectivity index (χ4v) is 11.9. The van der Waals surface area contributed by atoms with Gasteiger partial charge in [0, 0.05) is 0 Å². The Labute approximate surface area is 326 Å². The van der Waals surface area contributed by atoms with Crippen molar-refractivity contribution in [3.8, 4) is 0 Å². The zero-order valence-corrected chi connectivity index (χ0v) is 34.3. The van der Waals surface area contributed by atoms with Gasteiger partial charge in [0.15, 0.2) is 6.10 Å². The average molecular weight is 750 g/mol. The van der Waals surface area contributed by atoms with Gasteiger partial charge in [-0.15, -0.1) is 0 Å². The van der Waals surface area contributed by atoms with Gasteiger partial charge >= 0.3 is 11.9 Å². The molecule has 0 amide bonds. The maximum absolute atomic E-state index is 13.7. The first-order valence-electron chi connectivity index (χ1n) is 20.1. The van der Waals surface area contributed by atoms with E-state index in [9.17, 15) is 9.59 Å². The molecule has 7 heteroatoms. The van der Waals surface area contributed by atoms with Crippen LogP contribution < -0.4 is 16.1 Å². The van der Waals surface area contributed by atoms with Crippen molar-refractivity contribution < 1.29 is 23.5 Å². The van der Waals surface area contributed by atoms with Crippen LogP contribution in [0.25, 0.3) is 0 Å². The Balaban J connectivity index is 1.60. The molecule has 0 aliphatic rings. The summed E-state index contributed by atoms with van der Waals surface area (Å²) in [6, 6.07) is 37.8. The third-order valence-electron chi connectivity index (χ3n) is 10.2. The third-order valence-corrected chi connectivity index (χ3v) is 15.2. The molecule has 0 fully saturated rings. The second kappa shape index (κ2) is 21.7. The molecule has 2 N–H and O–H groups in total. The van der Waals surface area contributed by atoms with Crippen molar-refractivity contribution in [3.63, 3.8) is 0 Å². The van der Waals surface area contributed by atoms with Crippen LogP contribution in [0.1, 0.15) is 120 Å². The van der Waals surface area contributed by atoms with E-state index in [2.05, 4.69) is 58.9 Å². The molecule has 0 radical (unpaired) electrons. The minimum Gasteiger partial charge on any atom is -0.455 e. The van der Waals surface area contributed by atoms with E-state index in [1.807, 2.05) is 60.7 Å². The molecule has 0 spiro atoms. The Morgan fingerprint density at radius 1 is 0.574 bits per heavy atom. The summed E-state index contributed by atoms with van der Waals surface area (Å²) in [5, 5.41) is 1.97. The molecule has 0 saturated carbocycles. The van der Waals surface area contributed by atoms with Crippen LogP contribution in [0.2, 0.25) is 5.04 Å². The predicted molar refractivity (Wildman–Crippen MR) is 224 cm³/mol. The highest BCUT2D eigenvalue weighted by molar-refractivity contribution is 6.99. The molecule has 4 rings (SSSR count). The molecule has 3 atom stereocenters. The maximum atomic E-state index is 13.7. The third kappa shape index (κ3) is 12.5. The van der Waals surface area contributed by atoms with Crippen LogP contribution in [-0.4, -0.2) is 45.1 Å². The van der Waals surface area contributed by atoms with E-state index in [-0.39, 0.29) is 11.6 Å². The summed E-state index contributed by atoms with van der Waals surface area (Å²) in [5.41, 5.74) is 7.97. The van der Waals surface area contributed by atoms with Crippen molar-refractivity contribution in [2.75, 3.05) is 6.61 Å². The zero-order chi connectivity index (χ0) is 38.8. The Hall–Kier alpha value is -4.04. The van der Waals surface area contributed by atoms with E-state index in [0.717, 1.165) is 35.6 Å². The monoisotopic (exact) mass is 749 g/mol. The van der Waals surface area contributed by atoms with Crippen LogP contribution in [0.15, 0.2) is 121 Å². The Morgan fingerprint density at radius 2 is 0.963 bits per heavy atom. The van der Waals surface area contributed by atoms with Gasteiger partial charge in [-0.3, -0.25) is 0 Å². The summed E-state index contributed by atoms with van der Waals surface area (Å²) in [6.45, 7) is 11.3. The Bertz CT molecular complexity index is 1600. The van der Waals surface area contributed by atoms with Crippen molar-refractivity contribution in [1.29, 1.82) is 0 Å². The van der Waals surface area contributed by atoms with E-state index in [4.69, 9.17) is 19.6 Å². The molecule has 0 heterocycles. The molecule has 54 heavy (non-hydrogen) atoms. The van der Waals surface area contributed by atoms with Gasteiger partial charge in [0.2, 0.25) is 0 Å². The second-order valence-electron chi connectivity index (χ2n) is 16.0. The molecule has 0 saturated heterocycles. The maximum Gasteiger partial charge on any atom is 0.338 e. The summed E-state index contributed by atoms with van der Waals surface area (Å²) in [7, 11) is -2.97. The van der Waals surface area contributed by atoms with Gasteiger partial charge in [0.25, 0.3) is 8.32 Å². The number of unbranched alkanes of at least 4 members (excludes halogenated alkanes) is 7. The van der Waals surface area contributed by atoms with Crippen molar-refractivity contribution in [2.24, 2.45) is 11.7 Å². The minimum absolute atomic E-state index is 0.0935. The van der Waals surface area contributed by atoms with Crippen LogP contribution in [-0.2, 0) is 13.9 Å². The number of esters is 2. The summed E-state index contributed by atoms with van der Waals surface area (Å²) in [6.07, 6.45) is 9.22. The highest BCUT2D eigenvalue weighted by atomic mass is 28.4. The van der Waals surface area contributed by atoms with Gasteiger partial charge in [-0.2, -0.15) is 0 Å². The number of benzene rings is 4. The molecule has 0 unspecified atom stereocenters. The number of hydrogen-bond acceptors (Lipinski definition) is 6. The van der Waals surface area contributed by atoms with Gasteiger partial charge in [0.05, 0.1) is 23.8 Å². The molecule has 0 aliphatic heterocycles. The van der Waals surface area contributed by atoms with Gasteiger partial charge in [-0.1, -0.05) is 183 Å². The lowest BCUT2D eigenvalue weighted by molar-refractivity contribution is -0.0517. The number of carbonyl (C=O) groups is 2. The van der Waals surface area contributed by atoms with Gasteiger partial charge < -0.3 is 19.6 Å². The first-order chi connectivity index (χ1) is 26.0. The predicted octanol–water partition coefficient (Wildman–Crippen LogP) is 9.90. The smallest absolute Gasteiger partial charge is 0.338 e. The van der Waals surface area contributed by atoms with Crippen molar-refractivity contribution in [1.82, 2.24) is 0 Å². The molecule has 0 aromatic heterocycles. The molecule has 0 bridgehead atoms. The molecule has 4 aromatic carbocycles. The van der Waals surface area contributed by atoms with Crippen LogP contribution >= 0.6 is 0 Å². The zero-order valence-electron chi connectivity index (χ0n) is 33.3. The Kier molecular flexibility index (Phi) is 17.2. The topological polar surface area (TPSA) is 87.9 Å². The summed E-state index contributed by atoms with van der Waals surface area (Å²) >= 11 is 0. The van der Waals surface area contributed by atoms with Crippen molar-refractivity contribution in [3.05, 3.63) is 132 Å². The van der Waals surface area contributed by atoms with Gasteiger partial charge in [0.1, 0.15) is 6.10 Å². The summed E-state index contributed by atoms with van der Waals surface area (Å²) in [4.78, 5) is 27.4. The molecule has 4 aromatic rings. The number of rotatable bonds is 22. The molecule has 290 valence electrons. The van der Waals surface area contributed by atoms with E-state index in [1.54, 1.807) is 36.4 Å². The minimum atomic E-state index is -2.97. The number of hydrogen-bond donors (Lipinski definition) is 1. The van der Waals surface area contributed by atoms with Gasteiger partial charge in [-0.25, -0.2) is 9.59 Å². The largest absolute Gasteiger partial charge is 0.455 e. The molecular weight excluding hydrogens is 687 g/mol.